The van der Waals surface area contributed by atoms with E-state index in [0.29, 0.717) is 24.4 Å². The molecule has 2 heterocycles. The molecule has 21 heavy (non-hydrogen) atoms. The van der Waals surface area contributed by atoms with E-state index in [1.54, 1.807) is 6.20 Å². The van der Waals surface area contributed by atoms with Crippen LogP contribution in [0.1, 0.15) is 50.7 Å². The molecule has 0 bridgehead atoms. The first-order valence-electron chi connectivity index (χ1n) is 8.00. The average Bonchev–Trinajstić information content (AvgIpc) is 3.12. The number of esters is 1. The number of carbonyl (C=O) groups is 1. The van der Waals surface area contributed by atoms with E-state index in [1.807, 2.05) is 0 Å². The van der Waals surface area contributed by atoms with Gasteiger partial charge in [0.15, 0.2) is 0 Å². The number of ether oxygens (including phenoxy) is 1. The van der Waals surface area contributed by atoms with Crippen LogP contribution < -0.4 is 0 Å². The van der Waals surface area contributed by atoms with Gasteiger partial charge in [0.05, 0.1) is 19.9 Å². The number of likely N-dealkylation sites (tertiary alicyclic amines) is 1. The SMILES string of the molecule is CCc1cnc(CN2[C@@H]3CCCC[C@H]3C[C@H]2C(=O)OC)o1. The van der Waals surface area contributed by atoms with Crippen LogP contribution in [0.25, 0.3) is 0 Å². The van der Waals surface area contributed by atoms with Crippen molar-refractivity contribution in [1.82, 2.24) is 9.88 Å². The molecule has 5 heteroatoms. The molecule has 2 aliphatic rings. The third-order valence-electron chi connectivity index (χ3n) is 4.96. The van der Waals surface area contributed by atoms with E-state index in [0.717, 1.165) is 18.6 Å². The third kappa shape index (κ3) is 2.84. The standard InChI is InChI=1S/C16H24N2O3/c1-3-12-9-17-15(21-12)10-18-13-7-5-4-6-11(13)8-14(18)16(19)20-2/h9,11,13-14H,3-8,10H2,1-2H3/t11-,13+,14-/m0/s1. The van der Waals surface area contributed by atoms with Crippen molar-refractivity contribution >= 4 is 5.97 Å². The van der Waals surface area contributed by atoms with E-state index < -0.39 is 0 Å². The Bertz CT molecular complexity index is 499. The maximum atomic E-state index is 12.1. The summed E-state index contributed by atoms with van der Waals surface area (Å²) in [6, 6.07) is 0.333. The highest BCUT2D eigenvalue weighted by molar-refractivity contribution is 5.76. The summed E-state index contributed by atoms with van der Waals surface area (Å²) in [5.74, 6) is 2.11. The molecule has 1 aromatic heterocycles. The zero-order chi connectivity index (χ0) is 14.8. The number of hydrogen-bond donors (Lipinski definition) is 0. The van der Waals surface area contributed by atoms with Crippen LogP contribution in [0.5, 0.6) is 0 Å². The second-order valence-electron chi connectivity index (χ2n) is 6.13. The lowest BCUT2D eigenvalue weighted by Gasteiger charge is -2.32. The number of carbonyl (C=O) groups excluding carboxylic acids is 1. The summed E-state index contributed by atoms with van der Waals surface area (Å²) in [7, 11) is 1.48. The smallest absolute Gasteiger partial charge is 0.323 e. The van der Waals surface area contributed by atoms with E-state index in [4.69, 9.17) is 9.15 Å². The fraction of sp³-hybridized carbons (Fsp3) is 0.750. The molecule has 1 saturated carbocycles. The molecule has 116 valence electrons. The van der Waals surface area contributed by atoms with Crippen molar-refractivity contribution < 1.29 is 13.9 Å². The van der Waals surface area contributed by atoms with Crippen LogP contribution in [0, 0.1) is 5.92 Å². The van der Waals surface area contributed by atoms with Crippen LogP contribution in [0.4, 0.5) is 0 Å². The van der Waals surface area contributed by atoms with Gasteiger partial charge in [-0.05, 0) is 25.2 Å². The van der Waals surface area contributed by atoms with Crippen LogP contribution in [0.2, 0.25) is 0 Å². The van der Waals surface area contributed by atoms with E-state index in [2.05, 4.69) is 16.8 Å². The number of aromatic nitrogens is 1. The van der Waals surface area contributed by atoms with Crippen LogP contribution in [-0.2, 0) is 22.5 Å². The summed E-state index contributed by atoms with van der Waals surface area (Å²) in [6.07, 6.45) is 8.47. The number of aryl methyl sites for hydroxylation is 1. The number of oxazole rings is 1. The van der Waals surface area contributed by atoms with Crippen LogP contribution in [0.3, 0.4) is 0 Å². The van der Waals surface area contributed by atoms with Gasteiger partial charge >= 0.3 is 5.97 Å². The largest absolute Gasteiger partial charge is 0.468 e. The Kier molecular flexibility index (Phi) is 4.29. The molecule has 0 N–H and O–H groups in total. The van der Waals surface area contributed by atoms with Gasteiger partial charge in [-0.3, -0.25) is 9.69 Å². The van der Waals surface area contributed by atoms with E-state index >= 15 is 0 Å². The topological polar surface area (TPSA) is 55.6 Å². The van der Waals surface area contributed by atoms with Crippen LogP contribution in [-0.4, -0.2) is 35.0 Å². The number of nitrogens with zero attached hydrogens (tertiary/aromatic N) is 2. The Morgan fingerprint density at radius 2 is 2.29 bits per heavy atom. The quantitative estimate of drug-likeness (QED) is 0.798. The Morgan fingerprint density at radius 3 is 3.00 bits per heavy atom. The van der Waals surface area contributed by atoms with Gasteiger partial charge in [-0.25, -0.2) is 4.98 Å². The molecule has 0 unspecified atom stereocenters. The van der Waals surface area contributed by atoms with Crippen LogP contribution >= 0.6 is 0 Å². The molecule has 1 aliphatic heterocycles. The Balaban J connectivity index is 1.78. The molecule has 1 saturated heterocycles. The molecule has 3 rings (SSSR count). The van der Waals surface area contributed by atoms with Crippen molar-refractivity contribution in [2.45, 2.75) is 64.1 Å². The average molecular weight is 292 g/mol. The molecular formula is C16H24N2O3. The summed E-state index contributed by atoms with van der Waals surface area (Å²) in [4.78, 5) is 18.7. The number of hydrogen-bond acceptors (Lipinski definition) is 5. The van der Waals surface area contributed by atoms with E-state index in [1.165, 1.54) is 32.8 Å². The van der Waals surface area contributed by atoms with Crippen molar-refractivity contribution in [3.05, 3.63) is 17.8 Å². The second-order valence-corrected chi connectivity index (χ2v) is 6.13. The minimum Gasteiger partial charge on any atom is -0.468 e. The maximum absolute atomic E-state index is 12.1. The molecular weight excluding hydrogens is 268 g/mol. The zero-order valence-electron chi connectivity index (χ0n) is 12.9. The number of fused-ring (bicyclic) bond motifs is 1. The van der Waals surface area contributed by atoms with Gasteiger partial charge in [0.2, 0.25) is 5.89 Å². The van der Waals surface area contributed by atoms with Crippen molar-refractivity contribution in [1.29, 1.82) is 0 Å². The van der Waals surface area contributed by atoms with Gasteiger partial charge in [0.25, 0.3) is 0 Å². The van der Waals surface area contributed by atoms with Crippen molar-refractivity contribution in [3.8, 4) is 0 Å². The van der Waals surface area contributed by atoms with Gasteiger partial charge in [-0.2, -0.15) is 0 Å². The normalized spacial score (nSPS) is 29.3. The summed E-state index contributed by atoms with van der Waals surface area (Å²) in [6.45, 7) is 2.66. The summed E-state index contributed by atoms with van der Waals surface area (Å²) >= 11 is 0. The summed E-state index contributed by atoms with van der Waals surface area (Å²) in [5.41, 5.74) is 0. The molecule has 2 fully saturated rings. The Hall–Kier alpha value is -1.36. The first-order valence-corrected chi connectivity index (χ1v) is 8.00. The van der Waals surface area contributed by atoms with Crippen LogP contribution in [0.15, 0.2) is 10.6 Å². The first-order chi connectivity index (χ1) is 10.2. The van der Waals surface area contributed by atoms with Gasteiger partial charge < -0.3 is 9.15 Å². The zero-order valence-corrected chi connectivity index (χ0v) is 12.9. The number of rotatable bonds is 4. The lowest BCUT2D eigenvalue weighted by atomic mass is 9.85. The third-order valence-corrected chi connectivity index (χ3v) is 4.96. The highest BCUT2D eigenvalue weighted by Gasteiger charge is 2.45. The van der Waals surface area contributed by atoms with Gasteiger partial charge in [0, 0.05) is 12.5 Å². The van der Waals surface area contributed by atoms with Gasteiger partial charge in [-0.15, -0.1) is 0 Å². The lowest BCUT2D eigenvalue weighted by molar-refractivity contribution is -0.146. The molecule has 5 nitrogen and oxygen atoms in total. The Labute approximate surface area is 125 Å². The maximum Gasteiger partial charge on any atom is 0.323 e. The lowest BCUT2D eigenvalue weighted by Crippen LogP contribution is -2.42. The van der Waals surface area contributed by atoms with E-state index in [-0.39, 0.29) is 12.0 Å². The molecule has 0 aromatic carbocycles. The van der Waals surface area contributed by atoms with Gasteiger partial charge in [0.1, 0.15) is 11.8 Å². The molecule has 0 radical (unpaired) electrons. The van der Waals surface area contributed by atoms with Crippen molar-refractivity contribution in [3.63, 3.8) is 0 Å². The fourth-order valence-electron chi connectivity index (χ4n) is 3.89. The Morgan fingerprint density at radius 1 is 1.48 bits per heavy atom. The predicted octanol–water partition coefficient (Wildman–Crippen LogP) is 2.54. The van der Waals surface area contributed by atoms with E-state index in [9.17, 15) is 4.79 Å². The molecule has 0 spiro atoms. The molecule has 1 aromatic rings. The predicted molar refractivity (Wildman–Crippen MR) is 77.6 cm³/mol. The highest BCUT2D eigenvalue weighted by Crippen LogP contribution is 2.40. The number of methoxy groups -OCH3 is 1. The summed E-state index contributed by atoms with van der Waals surface area (Å²) in [5, 5.41) is 0. The summed E-state index contributed by atoms with van der Waals surface area (Å²) < 4.78 is 10.7. The fourth-order valence-corrected chi connectivity index (χ4v) is 3.89. The van der Waals surface area contributed by atoms with Gasteiger partial charge in [-0.1, -0.05) is 19.8 Å². The highest BCUT2D eigenvalue weighted by atomic mass is 16.5. The molecule has 0 amide bonds. The first kappa shape index (κ1) is 14.6. The monoisotopic (exact) mass is 292 g/mol. The molecule has 3 atom stereocenters. The second kappa shape index (κ2) is 6.18. The minimum atomic E-state index is -0.139. The molecule has 1 aliphatic carbocycles. The minimum absolute atomic E-state index is 0.119. The van der Waals surface area contributed by atoms with Crippen molar-refractivity contribution in [2.75, 3.05) is 7.11 Å². The van der Waals surface area contributed by atoms with Crippen molar-refractivity contribution in [2.24, 2.45) is 5.92 Å².